The molecule has 0 aliphatic rings. The summed E-state index contributed by atoms with van der Waals surface area (Å²) in [6.07, 6.45) is 1.87. The van der Waals surface area contributed by atoms with Crippen molar-refractivity contribution in [2.24, 2.45) is 0 Å². The number of carbonyl (C=O) groups is 1. The van der Waals surface area contributed by atoms with Crippen molar-refractivity contribution in [3.8, 4) is 17.0 Å². The number of carbonyl (C=O) groups excluding carboxylic acids is 1. The number of nitrogens with zero attached hydrogens (tertiary/aromatic N) is 2. The molecule has 2 aromatic carbocycles. The highest BCUT2D eigenvalue weighted by molar-refractivity contribution is 7.91. The molecule has 0 atom stereocenters. The van der Waals surface area contributed by atoms with Gasteiger partial charge in [0.05, 0.1) is 34.1 Å². The molecule has 7 nitrogen and oxygen atoms in total. The van der Waals surface area contributed by atoms with Crippen LogP contribution in [0.2, 0.25) is 0 Å². The number of amides is 1. The molecular weight excluding hydrogens is 450 g/mol. The normalized spacial score (nSPS) is 11.6. The van der Waals surface area contributed by atoms with Crippen LogP contribution in [-0.4, -0.2) is 34.6 Å². The summed E-state index contributed by atoms with van der Waals surface area (Å²) >= 11 is 0. The second-order valence-electron chi connectivity index (χ2n) is 8.45. The summed E-state index contributed by atoms with van der Waals surface area (Å²) in [5.74, 6) is -0.675. The van der Waals surface area contributed by atoms with Crippen LogP contribution in [0.3, 0.4) is 0 Å². The maximum absolute atomic E-state index is 13.1. The molecule has 0 aliphatic carbocycles. The summed E-state index contributed by atoms with van der Waals surface area (Å²) in [5.41, 5.74) is 6.44. The average Bonchev–Trinajstić information content (AvgIpc) is 3.14. The van der Waals surface area contributed by atoms with Crippen molar-refractivity contribution in [2.45, 2.75) is 39.0 Å². The van der Waals surface area contributed by atoms with E-state index in [0.29, 0.717) is 11.4 Å². The van der Waals surface area contributed by atoms with Crippen molar-refractivity contribution in [1.29, 1.82) is 0 Å². The number of anilines is 1. The van der Waals surface area contributed by atoms with Crippen LogP contribution in [0.25, 0.3) is 16.9 Å². The quantitative estimate of drug-likeness (QED) is 0.395. The smallest absolute Gasteiger partial charge is 0.230 e. The number of pyridine rings is 1. The van der Waals surface area contributed by atoms with Crippen molar-refractivity contribution in [2.75, 3.05) is 11.1 Å². The molecule has 0 fully saturated rings. The van der Waals surface area contributed by atoms with Gasteiger partial charge in [-0.3, -0.25) is 4.79 Å². The van der Waals surface area contributed by atoms with Crippen molar-refractivity contribution in [1.82, 2.24) is 9.38 Å². The summed E-state index contributed by atoms with van der Waals surface area (Å²) in [5, 5.41) is 12.9. The lowest BCUT2D eigenvalue weighted by Gasteiger charge is -2.11. The van der Waals surface area contributed by atoms with Crippen LogP contribution >= 0.6 is 0 Å². The number of aromatic nitrogens is 2. The molecular formula is C26H27N3O4S. The number of phenolic OH excluding ortho intramolecular Hbond substituents is 1. The van der Waals surface area contributed by atoms with Crippen molar-refractivity contribution in [3.05, 3.63) is 77.1 Å². The number of fused-ring (bicyclic) bond motifs is 1. The molecule has 0 bridgehead atoms. The van der Waals surface area contributed by atoms with Crippen LogP contribution in [0.15, 0.2) is 59.6 Å². The highest BCUT2D eigenvalue weighted by atomic mass is 32.2. The second kappa shape index (κ2) is 8.95. The number of hydrogen-bond donors (Lipinski definition) is 2. The third-order valence-corrected chi connectivity index (χ3v) is 7.70. The molecule has 0 saturated heterocycles. The van der Waals surface area contributed by atoms with E-state index in [4.69, 9.17) is 4.98 Å². The maximum atomic E-state index is 13.1. The first-order valence-electron chi connectivity index (χ1n) is 11.0. The minimum Gasteiger partial charge on any atom is -0.506 e. The number of hydrogen-bond acceptors (Lipinski definition) is 5. The van der Waals surface area contributed by atoms with Gasteiger partial charge in [0, 0.05) is 11.8 Å². The molecule has 0 radical (unpaired) electrons. The van der Waals surface area contributed by atoms with E-state index in [0.717, 1.165) is 22.3 Å². The zero-order chi connectivity index (χ0) is 24.6. The van der Waals surface area contributed by atoms with Crippen molar-refractivity contribution >= 4 is 27.1 Å². The Hall–Kier alpha value is -3.65. The van der Waals surface area contributed by atoms with Gasteiger partial charge in [0.2, 0.25) is 5.91 Å². The van der Waals surface area contributed by atoms with Crippen LogP contribution in [0.1, 0.15) is 29.3 Å². The molecule has 1 amide bonds. The van der Waals surface area contributed by atoms with Gasteiger partial charge < -0.3 is 14.8 Å². The minimum atomic E-state index is -3.48. The van der Waals surface area contributed by atoms with Crippen LogP contribution in [-0.2, 0) is 21.1 Å². The predicted molar refractivity (Wildman–Crippen MR) is 133 cm³/mol. The lowest BCUT2D eigenvalue weighted by molar-refractivity contribution is -0.115. The fourth-order valence-electron chi connectivity index (χ4n) is 3.81. The van der Waals surface area contributed by atoms with Gasteiger partial charge in [-0.05, 0) is 73.9 Å². The van der Waals surface area contributed by atoms with Crippen molar-refractivity contribution < 1.29 is 18.3 Å². The molecule has 0 saturated carbocycles. The Bertz CT molecular complexity index is 1520. The Morgan fingerprint density at radius 1 is 1.03 bits per heavy atom. The molecule has 0 aliphatic heterocycles. The number of aryl methyl sites for hydroxylation is 3. The Kier molecular flexibility index (Phi) is 6.18. The Morgan fingerprint density at radius 2 is 1.79 bits per heavy atom. The lowest BCUT2D eigenvalue weighted by Crippen LogP contribution is -2.16. The Labute approximate surface area is 199 Å². The van der Waals surface area contributed by atoms with E-state index in [1.807, 2.05) is 55.6 Å². The fraction of sp³-hybridized carbons (Fsp3) is 0.231. The van der Waals surface area contributed by atoms with Gasteiger partial charge in [-0.2, -0.15) is 0 Å². The number of imidazole rings is 1. The Morgan fingerprint density at radius 3 is 2.50 bits per heavy atom. The van der Waals surface area contributed by atoms with Gasteiger partial charge in [0.25, 0.3) is 0 Å². The van der Waals surface area contributed by atoms with Crippen molar-refractivity contribution in [3.63, 3.8) is 0 Å². The first-order valence-corrected chi connectivity index (χ1v) is 12.6. The number of rotatable bonds is 6. The molecule has 4 rings (SSSR count). The monoisotopic (exact) mass is 477 g/mol. The molecule has 8 heteroatoms. The zero-order valence-corrected chi connectivity index (χ0v) is 20.4. The van der Waals surface area contributed by atoms with Crippen LogP contribution in [0.4, 0.5) is 5.69 Å². The van der Waals surface area contributed by atoms with Gasteiger partial charge in [-0.1, -0.05) is 19.1 Å². The first-order chi connectivity index (χ1) is 16.1. The molecule has 2 heterocycles. The highest BCUT2D eigenvalue weighted by Crippen LogP contribution is 2.29. The topological polar surface area (TPSA) is 101 Å². The number of nitrogens with one attached hydrogen (secondary N) is 1. The van der Waals surface area contributed by atoms with E-state index in [-0.39, 0.29) is 28.5 Å². The van der Waals surface area contributed by atoms with Crippen LogP contribution < -0.4 is 5.32 Å². The summed E-state index contributed by atoms with van der Waals surface area (Å²) in [6, 6.07) is 13.9. The third-order valence-electron chi connectivity index (χ3n) is 5.97. The van der Waals surface area contributed by atoms with Gasteiger partial charge >= 0.3 is 0 Å². The predicted octanol–water partition coefficient (Wildman–Crippen LogP) is 4.61. The van der Waals surface area contributed by atoms with Crippen LogP contribution in [0, 0.1) is 20.8 Å². The average molecular weight is 478 g/mol. The van der Waals surface area contributed by atoms with Gasteiger partial charge in [-0.15, -0.1) is 0 Å². The number of phenols is 1. The molecule has 2 N–H and O–H groups in total. The summed E-state index contributed by atoms with van der Waals surface area (Å²) < 4.78 is 26.3. The summed E-state index contributed by atoms with van der Waals surface area (Å²) in [6.45, 7) is 7.60. The molecule has 176 valence electrons. The standard InChI is InChI=1S/C26H27N3O4S/c1-5-34(32,33)20-8-9-23(30)21(14-20)27-25(31)15-22-26(19-7-6-17(3)18(4)13-19)28-24-12-16(2)10-11-29(22)24/h6-14,30H,5,15H2,1-4H3,(H,27,31). The Balaban J connectivity index is 1.73. The first kappa shape index (κ1) is 23.5. The molecule has 34 heavy (non-hydrogen) atoms. The molecule has 2 aromatic heterocycles. The number of aromatic hydroxyl groups is 1. The minimum absolute atomic E-state index is 0.0172. The largest absolute Gasteiger partial charge is 0.506 e. The van der Waals surface area contributed by atoms with Gasteiger partial charge in [0.1, 0.15) is 11.4 Å². The van der Waals surface area contributed by atoms with E-state index in [1.54, 1.807) is 6.92 Å². The van der Waals surface area contributed by atoms with E-state index in [1.165, 1.54) is 23.8 Å². The SMILES string of the molecule is CCS(=O)(=O)c1ccc(O)c(NC(=O)Cc2c(-c3ccc(C)c(C)c3)nc3cc(C)ccn23)c1. The van der Waals surface area contributed by atoms with E-state index >= 15 is 0 Å². The second-order valence-corrected chi connectivity index (χ2v) is 10.7. The lowest BCUT2D eigenvalue weighted by atomic mass is 10.0. The third kappa shape index (κ3) is 4.54. The zero-order valence-electron chi connectivity index (χ0n) is 19.6. The highest BCUT2D eigenvalue weighted by Gasteiger charge is 2.20. The molecule has 4 aromatic rings. The summed E-state index contributed by atoms with van der Waals surface area (Å²) in [4.78, 5) is 17.9. The maximum Gasteiger partial charge on any atom is 0.230 e. The number of benzene rings is 2. The fourth-order valence-corrected chi connectivity index (χ4v) is 4.71. The van der Waals surface area contributed by atoms with E-state index < -0.39 is 15.7 Å². The van der Waals surface area contributed by atoms with Crippen LogP contribution in [0.5, 0.6) is 5.75 Å². The molecule has 0 spiro atoms. The number of sulfone groups is 1. The summed E-state index contributed by atoms with van der Waals surface area (Å²) in [7, 11) is -3.48. The van der Waals surface area contributed by atoms with E-state index in [9.17, 15) is 18.3 Å². The van der Waals surface area contributed by atoms with Gasteiger partial charge in [0.15, 0.2) is 9.84 Å². The molecule has 0 unspecified atom stereocenters. The van der Waals surface area contributed by atoms with E-state index in [2.05, 4.69) is 11.4 Å². The van der Waals surface area contributed by atoms with Gasteiger partial charge in [-0.25, -0.2) is 13.4 Å².